The van der Waals surface area contributed by atoms with Crippen molar-refractivity contribution in [2.45, 2.75) is 31.7 Å². The fourth-order valence-corrected chi connectivity index (χ4v) is 2.30. The number of esters is 1. The van der Waals surface area contributed by atoms with E-state index in [0.29, 0.717) is 0 Å². The van der Waals surface area contributed by atoms with Crippen molar-refractivity contribution in [1.29, 1.82) is 0 Å². The molecule has 1 saturated heterocycles. The van der Waals surface area contributed by atoms with E-state index in [2.05, 4.69) is 4.74 Å². The van der Waals surface area contributed by atoms with Crippen molar-refractivity contribution in [1.82, 2.24) is 4.90 Å². The van der Waals surface area contributed by atoms with Gasteiger partial charge in [-0.2, -0.15) is 0 Å². The molecule has 2 atom stereocenters. The fraction of sp³-hybridized carbons (Fsp3) is 0.467. The van der Waals surface area contributed by atoms with E-state index in [1.807, 2.05) is 30.3 Å². The maximum Gasteiger partial charge on any atom is 0.410 e. The number of methoxy groups -OCH3 is 1. The highest BCUT2D eigenvalue weighted by Gasteiger charge is 2.37. The van der Waals surface area contributed by atoms with Crippen LogP contribution >= 0.6 is 0 Å². The van der Waals surface area contributed by atoms with Gasteiger partial charge < -0.3 is 9.47 Å². The Morgan fingerprint density at radius 2 is 2.05 bits per heavy atom. The molecule has 114 valence electrons. The first-order valence-corrected chi connectivity index (χ1v) is 6.81. The van der Waals surface area contributed by atoms with E-state index >= 15 is 0 Å². The molecule has 0 radical (unpaired) electrons. The average molecular weight is 295 g/mol. The Bertz CT molecular complexity index is 494. The third-order valence-corrected chi connectivity index (χ3v) is 3.45. The first kappa shape index (κ1) is 15.3. The van der Waals surface area contributed by atoms with Gasteiger partial charge in [0.1, 0.15) is 18.8 Å². The third-order valence-electron chi connectivity index (χ3n) is 3.45. The topological polar surface area (TPSA) is 55.8 Å². The van der Waals surface area contributed by atoms with Crippen LogP contribution in [-0.4, -0.2) is 42.8 Å². The van der Waals surface area contributed by atoms with Gasteiger partial charge in [0.2, 0.25) is 0 Å². The van der Waals surface area contributed by atoms with Crippen LogP contribution in [-0.2, 0) is 20.9 Å². The molecule has 1 aromatic carbocycles. The molecule has 21 heavy (non-hydrogen) atoms. The first-order valence-electron chi connectivity index (χ1n) is 6.81. The van der Waals surface area contributed by atoms with Crippen LogP contribution in [0.4, 0.5) is 9.18 Å². The summed E-state index contributed by atoms with van der Waals surface area (Å²) in [4.78, 5) is 25.0. The number of carbonyl (C=O) groups excluding carboxylic acids is 2. The molecule has 1 aliphatic rings. The van der Waals surface area contributed by atoms with E-state index in [-0.39, 0.29) is 26.0 Å². The number of benzene rings is 1. The number of amides is 1. The Balaban J connectivity index is 1.97. The predicted molar refractivity (Wildman–Crippen MR) is 73.3 cm³/mol. The average Bonchev–Trinajstić information content (AvgIpc) is 2.52. The highest BCUT2D eigenvalue weighted by Crippen LogP contribution is 2.22. The molecule has 6 heteroatoms. The molecule has 0 unspecified atom stereocenters. The number of halogens is 1. The van der Waals surface area contributed by atoms with Crippen LogP contribution in [0.5, 0.6) is 0 Å². The lowest BCUT2D eigenvalue weighted by atomic mass is 10.0. The SMILES string of the molecule is COC(=O)[C@@H]1C[C@H](F)CCN1C(=O)OCc1ccccc1. The smallest absolute Gasteiger partial charge is 0.410 e. The lowest BCUT2D eigenvalue weighted by Gasteiger charge is -2.34. The Morgan fingerprint density at radius 3 is 2.71 bits per heavy atom. The van der Waals surface area contributed by atoms with Crippen LogP contribution in [0.25, 0.3) is 0 Å². The van der Waals surface area contributed by atoms with Crippen molar-refractivity contribution in [3.05, 3.63) is 35.9 Å². The van der Waals surface area contributed by atoms with Crippen LogP contribution in [0.3, 0.4) is 0 Å². The highest BCUT2D eigenvalue weighted by atomic mass is 19.1. The fourth-order valence-electron chi connectivity index (χ4n) is 2.30. The Kier molecular flexibility index (Phi) is 5.14. The minimum atomic E-state index is -1.10. The van der Waals surface area contributed by atoms with Gasteiger partial charge in [-0.25, -0.2) is 14.0 Å². The summed E-state index contributed by atoms with van der Waals surface area (Å²) < 4.78 is 23.2. The number of nitrogens with zero attached hydrogens (tertiary/aromatic N) is 1. The summed E-state index contributed by atoms with van der Waals surface area (Å²) in [7, 11) is 1.22. The van der Waals surface area contributed by atoms with Crippen molar-refractivity contribution in [2.24, 2.45) is 0 Å². The molecule has 1 amide bonds. The number of likely N-dealkylation sites (tertiary alicyclic amines) is 1. The highest BCUT2D eigenvalue weighted by molar-refractivity contribution is 5.81. The molecule has 5 nitrogen and oxygen atoms in total. The van der Waals surface area contributed by atoms with E-state index in [0.717, 1.165) is 5.56 Å². The first-order chi connectivity index (χ1) is 10.1. The second-order valence-corrected chi connectivity index (χ2v) is 4.89. The van der Waals surface area contributed by atoms with Gasteiger partial charge >= 0.3 is 12.1 Å². The second kappa shape index (κ2) is 7.06. The van der Waals surface area contributed by atoms with Gasteiger partial charge in [0.15, 0.2) is 0 Å². The van der Waals surface area contributed by atoms with E-state index < -0.39 is 24.3 Å². The number of ether oxygens (including phenoxy) is 2. The molecule has 0 aliphatic carbocycles. The molecule has 0 aromatic heterocycles. The Hall–Kier alpha value is -2.11. The van der Waals surface area contributed by atoms with Crippen LogP contribution in [0, 0.1) is 0 Å². The van der Waals surface area contributed by atoms with Crippen molar-refractivity contribution in [3.63, 3.8) is 0 Å². The number of rotatable bonds is 3. The van der Waals surface area contributed by atoms with Gasteiger partial charge in [0.05, 0.1) is 7.11 Å². The molecule has 0 N–H and O–H groups in total. The van der Waals surface area contributed by atoms with Crippen LogP contribution in [0.1, 0.15) is 18.4 Å². The maximum atomic E-state index is 13.4. The minimum Gasteiger partial charge on any atom is -0.467 e. The summed E-state index contributed by atoms with van der Waals surface area (Å²) in [5, 5.41) is 0. The lowest BCUT2D eigenvalue weighted by Crippen LogP contribution is -2.51. The zero-order valence-electron chi connectivity index (χ0n) is 11.8. The Morgan fingerprint density at radius 1 is 1.33 bits per heavy atom. The number of carbonyl (C=O) groups is 2. The van der Waals surface area contributed by atoms with Crippen LogP contribution < -0.4 is 0 Å². The zero-order chi connectivity index (χ0) is 15.2. The molecule has 1 heterocycles. The second-order valence-electron chi connectivity index (χ2n) is 4.89. The Labute approximate surface area is 122 Å². The summed E-state index contributed by atoms with van der Waals surface area (Å²) in [5.41, 5.74) is 0.848. The van der Waals surface area contributed by atoms with Gasteiger partial charge in [-0.15, -0.1) is 0 Å². The molecule has 1 aliphatic heterocycles. The van der Waals surface area contributed by atoms with Crippen molar-refractivity contribution >= 4 is 12.1 Å². The maximum absolute atomic E-state index is 13.4. The number of hydrogen-bond donors (Lipinski definition) is 0. The van der Waals surface area contributed by atoms with Crippen molar-refractivity contribution in [2.75, 3.05) is 13.7 Å². The largest absolute Gasteiger partial charge is 0.467 e. The number of alkyl halides is 1. The quantitative estimate of drug-likeness (QED) is 0.803. The molecular weight excluding hydrogens is 277 g/mol. The normalized spacial score (nSPS) is 21.7. The zero-order valence-corrected chi connectivity index (χ0v) is 11.8. The monoisotopic (exact) mass is 295 g/mol. The summed E-state index contributed by atoms with van der Waals surface area (Å²) in [5.74, 6) is -0.617. The third kappa shape index (κ3) is 3.93. The van der Waals surface area contributed by atoms with E-state index in [4.69, 9.17) is 4.74 Å². The molecule has 0 bridgehead atoms. The van der Waals surface area contributed by atoms with E-state index in [1.54, 1.807) is 0 Å². The standard InChI is InChI=1S/C15H18FNO4/c1-20-14(18)13-9-12(16)7-8-17(13)15(19)21-10-11-5-3-2-4-6-11/h2-6,12-13H,7-10H2,1H3/t12-,13+/m1/s1. The molecule has 2 rings (SSSR count). The van der Waals surface area contributed by atoms with Gasteiger partial charge in [-0.05, 0) is 12.0 Å². The predicted octanol–water partition coefficient (Wildman–Crippen LogP) is 2.30. The van der Waals surface area contributed by atoms with E-state index in [1.165, 1.54) is 12.0 Å². The summed E-state index contributed by atoms with van der Waals surface area (Å²) >= 11 is 0. The molecule has 0 spiro atoms. The van der Waals surface area contributed by atoms with Gasteiger partial charge in [0.25, 0.3) is 0 Å². The molecule has 1 fully saturated rings. The number of hydrogen-bond acceptors (Lipinski definition) is 4. The van der Waals surface area contributed by atoms with Crippen LogP contribution in [0.2, 0.25) is 0 Å². The number of piperidine rings is 1. The molecule has 1 aromatic rings. The summed E-state index contributed by atoms with van der Waals surface area (Å²) in [6.07, 6.45) is -1.57. The molecule has 0 saturated carbocycles. The van der Waals surface area contributed by atoms with Gasteiger partial charge in [-0.1, -0.05) is 30.3 Å². The summed E-state index contributed by atoms with van der Waals surface area (Å²) in [6.45, 7) is 0.262. The van der Waals surface area contributed by atoms with Crippen molar-refractivity contribution in [3.8, 4) is 0 Å². The van der Waals surface area contributed by atoms with Crippen LogP contribution in [0.15, 0.2) is 30.3 Å². The molecular formula is C15H18FNO4. The van der Waals surface area contributed by atoms with Gasteiger partial charge in [0, 0.05) is 13.0 Å². The summed E-state index contributed by atoms with van der Waals surface area (Å²) in [6, 6.07) is 8.30. The van der Waals surface area contributed by atoms with Crippen molar-refractivity contribution < 1.29 is 23.5 Å². The lowest BCUT2D eigenvalue weighted by molar-refractivity contribution is -0.148. The minimum absolute atomic E-state index is 0.0485. The van der Waals surface area contributed by atoms with E-state index in [9.17, 15) is 14.0 Å². The van der Waals surface area contributed by atoms with Gasteiger partial charge in [-0.3, -0.25) is 4.90 Å².